The van der Waals surface area contributed by atoms with Gasteiger partial charge in [-0.25, -0.2) is 0 Å². The Kier molecular flexibility index (Phi) is 4.10. The standard InChI is InChI=1S/C10H12BrNO2/c1-14-10-7(9(13)5-6-12)3-2-4-8(10)11/h2-4H,5-6,12H2,1H3. The summed E-state index contributed by atoms with van der Waals surface area (Å²) < 4.78 is 5.92. The lowest BCUT2D eigenvalue weighted by Gasteiger charge is -2.08. The number of hydrogen-bond acceptors (Lipinski definition) is 3. The van der Waals surface area contributed by atoms with Crippen molar-refractivity contribution >= 4 is 21.7 Å². The molecule has 0 aromatic heterocycles. The quantitative estimate of drug-likeness (QED) is 0.840. The Bertz CT molecular complexity index is 339. The summed E-state index contributed by atoms with van der Waals surface area (Å²) in [5.41, 5.74) is 5.90. The molecule has 0 aliphatic heterocycles. The molecule has 76 valence electrons. The number of methoxy groups -OCH3 is 1. The van der Waals surface area contributed by atoms with Gasteiger partial charge in [-0.2, -0.15) is 0 Å². The fourth-order valence-electron chi connectivity index (χ4n) is 1.20. The Morgan fingerprint density at radius 2 is 2.29 bits per heavy atom. The maximum Gasteiger partial charge on any atom is 0.167 e. The highest BCUT2D eigenvalue weighted by Gasteiger charge is 2.13. The molecule has 1 aromatic carbocycles. The minimum Gasteiger partial charge on any atom is -0.495 e. The maximum atomic E-state index is 11.6. The summed E-state index contributed by atoms with van der Waals surface area (Å²) in [6.45, 7) is 0.356. The normalized spacial score (nSPS) is 9.93. The van der Waals surface area contributed by atoms with Gasteiger partial charge in [0.1, 0.15) is 5.75 Å². The Balaban J connectivity index is 3.07. The number of ketones is 1. The molecule has 0 saturated heterocycles. The fraction of sp³-hybridized carbons (Fsp3) is 0.300. The van der Waals surface area contributed by atoms with E-state index in [0.29, 0.717) is 24.3 Å². The number of Topliss-reactive ketones (excluding diaryl/α,β-unsaturated/α-hetero) is 1. The van der Waals surface area contributed by atoms with Gasteiger partial charge in [0.15, 0.2) is 5.78 Å². The van der Waals surface area contributed by atoms with Crippen LogP contribution in [0, 0.1) is 0 Å². The molecule has 1 aromatic rings. The molecule has 0 heterocycles. The van der Waals surface area contributed by atoms with Crippen molar-refractivity contribution < 1.29 is 9.53 Å². The van der Waals surface area contributed by atoms with Gasteiger partial charge in [-0.15, -0.1) is 0 Å². The third-order valence-electron chi connectivity index (χ3n) is 1.84. The van der Waals surface area contributed by atoms with Gasteiger partial charge < -0.3 is 10.5 Å². The van der Waals surface area contributed by atoms with Crippen molar-refractivity contribution in [2.45, 2.75) is 6.42 Å². The Morgan fingerprint density at radius 1 is 1.57 bits per heavy atom. The summed E-state index contributed by atoms with van der Waals surface area (Å²) in [5, 5.41) is 0. The average molecular weight is 258 g/mol. The van der Waals surface area contributed by atoms with E-state index in [1.165, 1.54) is 0 Å². The maximum absolute atomic E-state index is 11.6. The first-order chi connectivity index (χ1) is 6.70. The van der Waals surface area contributed by atoms with Gasteiger partial charge in [-0.3, -0.25) is 4.79 Å². The lowest BCUT2D eigenvalue weighted by atomic mass is 10.1. The van der Waals surface area contributed by atoms with Crippen LogP contribution in [-0.2, 0) is 0 Å². The zero-order valence-electron chi connectivity index (χ0n) is 7.92. The fourth-order valence-corrected chi connectivity index (χ4v) is 1.73. The molecule has 0 bridgehead atoms. The van der Waals surface area contributed by atoms with Crippen LogP contribution in [0.4, 0.5) is 0 Å². The highest BCUT2D eigenvalue weighted by molar-refractivity contribution is 9.10. The molecule has 0 saturated carbocycles. The first-order valence-electron chi connectivity index (χ1n) is 4.26. The van der Waals surface area contributed by atoms with Crippen molar-refractivity contribution in [1.29, 1.82) is 0 Å². The number of para-hydroxylation sites is 1. The second-order valence-corrected chi connectivity index (χ2v) is 3.64. The summed E-state index contributed by atoms with van der Waals surface area (Å²) in [5.74, 6) is 0.580. The van der Waals surface area contributed by atoms with Gasteiger partial charge in [0.05, 0.1) is 17.1 Å². The Labute approximate surface area is 91.4 Å². The van der Waals surface area contributed by atoms with Gasteiger partial charge in [0, 0.05) is 6.42 Å². The van der Waals surface area contributed by atoms with Crippen molar-refractivity contribution in [2.75, 3.05) is 13.7 Å². The lowest BCUT2D eigenvalue weighted by molar-refractivity contribution is 0.0982. The monoisotopic (exact) mass is 257 g/mol. The molecule has 14 heavy (non-hydrogen) atoms. The molecule has 0 unspecified atom stereocenters. The van der Waals surface area contributed by atoms with E-state index in [-0.39, 0.29) is 5.78 Å². The molecular weight excluding hydrogens is 246 g/mol. The topological polar surface area (TPSA) is 52.3 Å². The first kappa shape index (κ1) is 11.2. The second-order valence-electron chi connectivity index (χ2n) is 2.78. The average Bonchev–Trinajstić information content (AvgIpc) is 2.17. The van der Waals surface area contributed by atoms with E-state index in [1.54, 1.807) is 19.2 Å². The number of nitrogens with two attached hydrogens (primary N) is 1. The number of carbonyl (C=O) groups excluding carboxylic acids is 1. The summed E-state index contributed by atoms with van der Waals surface area (Å²) in [6, 6.07) is 5.37. The molecule has 0 spiro atoms. The molecule has 0 aliphatic carbocycles. The van der Waals surface area contributed by atoms with Crippen molar-refractivity contribution in [3.8, 4) is 5.75 Å². The van der Waals surface area contributed by atoms with Gasteiger partial charge in [-0.05, 0) is 34.6 Å². The van der Waals surface area contributed by atoms with E-state index in [2.05, 4.69) is 15.9 Å². The predicted octanol–water partition coefficient (Wildman–Crippen LogP) is 1.99. The Morgan fingerprint density at radius 3 is 2.86 bits per heavy atom. The molecular formula is C10H12BrNO2. The molecule has 0 aliphatic rings. The molecule has 0 amide bonds. The third-order valence-corrected chi connectivity index (χ3v) is 2.47. The molecule has 2 N–H and O–H groups in total. The predicted molar refractivity (Wildman–Crippen MR) is 58.7 cm³/mol. The number of rotatable bonds is 4. The Hall–Kier alpha value is -0.870. The van der Waals surface area contributed by atoms with Crippen LogP contribution in [0.25, 0.3) is 0 Å². The highest BCUT2D eigenvalue weighted by atomic mass is 79.9. The summed E-state index contributed by atoms with van der Waals surface area (Å²) in [4.78, 5) is 11.6. The third kappa shape index (κ3) is 2.33. The zero-order chi connectivity index (χ0) is 10.6. The zero-order valence-corrected chi connectivity index (χ0v) is 9.50. The van der Waals surface area contributed by atoms with Crippen LogP contribution in [0.2, 0.25) is 0 Å². The van der Waals surface area contributed by atoms with Crippen LogP contribution in [0.1, 0.15) is 16.8 Å². The van der Waals surface area contributed by atoms with E-state index in [9.17, 15) is 4.79 Å². The van der Waals surface area contributed by atoms with Crippen LogP contribution in [-0.4, -0.2) is 19.4 Å². The van der Waals surface area contributed by atoms with Crippen LogP contribution in [0.15, 0.2) is 22.7 Å². The number of ether oxygens (including phenoxy) is 1. The number of hydrogen-bond donors (Lipinski definition) is 1. The minimum atomic E-state index is 0.00523. The highest BCUT2D eigenvalue weighted by Crippen LogP contribution is 2.29. The van der Waals surface area contributed by atoms with E-state index in [1.807, 2.05) is 6.07 Å². The van der Waals surface area contributed by atoms with Crippen LogP contribution in [0.5, 0.6) is 5.75 Å². The van der Waals surface area contributed by atoms with Crippen LogP contribution in [0.3, 0.4) is 0 Å². The van der Waals surface area contributed by atoms with Crippen molar-refractivity contribution in [1.82, 2.24) is 0 Å². The second kappa shape index (κ2) is 5.12. The molecule has 4 heteroatoms. The van der Waals surface area contributed by atoms with Crippen molar-refractivity contribution in [3.63, 3.8) is 0 Å². The number of benzene rings is 1. The lowest BCUT2D eigenvalue weighted by Crippen LogP contribution is -2.09. The minimum absolute atomic E-state index is 0.00523. The summed E-state index contributed by atoms with van der Waals surface area (Å²) >= 11 is 3.32. The van der Waals surface area contributed by atoms with Crippen molar-refractivity contribution in [3.05, 3.63) is 28.2 Å². The van der Waals surface area contributed by atoms with E-state index < -0.39 is 0 Å². The van der Waals surface area contributed by atoms with Gasteiger partial charge >= 0.3 is 0 Å². The summed E-state index contributed by atoms with van der Waals surface area (Å²) in [7, 11) is 1.54. The molecule has 0 atom stereocenters. The van der Waals surface area contributed by atoms with Crippen molar-refractivity contribution in [2.24, 2.45) is 5.73 Å². The molecule has 3 nitrogen and oxygen atoms in total. The van der Waals surface area contributed by atoms with E-state index in [4.69, 9.17) is 10.5 Å². The van der Waals surface area contributed by atoms with E-state index >= 15 is 0 Å². The number of carbonyl (C=O) groups is 1. The van der Waals surface area contributed by atoms with Gasteiger partial charge in [0.2, 0.25) is 0 Å². The largest absolute Gasteiger partial charge is 0.495 e. The first-order valence-corrected chi connectivity index (χ1v) is 5.05. The molecule has 0 fully saturated rings. The smallest absolute Gasteiger partial charge is 0.167 e. The van der Waals surface area contributed by atoms with Crippen LogP contribution >= 0.6 is 15.9 Å². The molecule has 1 rings (SSSR count). The number of halogens is 1. The van der Waals surface area contributed by atoms with Gasteiger partial charge in [-0.1, -0.05) is 6.07 Å². The van der Waals surface area contributed by atoms with E-state index in [0.717, 1.165) is 4.47 Å². The summed E-state index contributed by atoms with van der Waals surface area (Å²) in [6.07, 6.45) is 0.340. The molecule has 0 radical (unpaired) electrons. The van der Waals surface area contributed by atoms with Gasteiger partial charge in [0.25, 0.3) is 0 Å². The van der Waals surface area contributed by atoms with Crippen LogP contribution < -0.4 is 10.5 Å². The SMILES string of the molecule is COc1c(Br)cccc1C(=O)CCN.